The van der Waals surface area contributed by atoms with Crippen molar-refractivity contribution in [1.29, 1.82) is 0 Å². The molecule has 0 aromatic heterocycles. The highest BCUT2D eigenvalue weighted by atomic mass is 16.4. The van der Waals surface area contributed by atoms with Gasteiger partial charge in [0, 0.05) is 24.9 Å². The van der Waals surface area contributed by atoms with Gasteiger partial charge in [-0.05, 0) is 30.2 Å². The maximum absolute atomic E-state index is 12.9. The number of carboxylic acids is 1. The summed E-state index contributed by atoms with van der Waals surface area (Å²) in [4.78, 5) is 26.3. The zero-order valence-corrected chi connectivity index (χ0v) is 13.2. The SMILES string of the molecule is O=C(O)[C@@H]1CN(C(=O)C2C3CCCCC32)C[C@@H]1c1ccccc1. The van der Waals surface area contributed by atoms with E-state index >= 15 is 0 Å². The van der Waals surface area contributed by atoms with Gasteiger partial charge < -0.3 is 10.0 Å². The van der Waals surface area contributed by atoms with Crippen molar-refractivity contribution < 1.29 is 14.7 Å². The highest BCUT2D eigenvalue weighted by Crippen LogP contribution is 2.56. The third-order valence-electron chi connectivity index (χ3n) is 6.12. The monoisotopic (exact) mass is 313 g/mol. The number of carbonyl (C=O) groups is 2. The average Bonchev–Trinajstić information content (AvgIpc) is 3.12. The summed E-state index contributed by atoms with van der Waals surface area (Å²) in [5.74, 6) is 0.196. The second kappa shape index (κ2) is 5.66. The zero-order chi connectivity index (χ0) is 16.0. The Balaban J connectivity index is 1.51. The van der Waals surface area contributed by atoms with E-state index in [1.807, 2.05) is 35.2 Å². The molecule has 3 fully saturated rings. The lowest BCUT2D eigenvalue weighted by Crippen LogP contribution is -2.32. The Morgan fingerprint density at radius 3 is 2.26 bits per heavy atom. The maximum Gasteiger partial charge on any atom is 0.308 e. The molecule has 122 valence electrons. The summed E-state index contributed by atoms with van der Waals surface area (Å²) in [5, 5.41) is 9.57. The molecule has 2 unspecified atom stereocenters. The van der Waals surface area contributed by atoms with E-state index in [4.69, 9.17) is 0 Å². The van der Waals surface area contributed by atoms with E-state index in [1.165, 1.54) is 25.7 Å². The van der Waals surface area contributed by atoms with Gasteiger partial charge in [0.15, 0.2) is 0 Å². The molecule has 4 heteroatoms. The number of carboxylic acid groups (broad SMARTS) is 1. The molecule has 1 aromatic rings. The molecule has 0 bridgehead atoms. The van der Waals surface area contributed by atoms with Gasteiger partial charge in [-0.2, -0.15) is 0 Å². The maximum atomic E-state index is 12.9. The lowest BCUT2D eigenvalue weighted by molar-refractivity contribution is -0.142. The van der Waals surface area contributed by atoms with Crippen LogP contribution in [0.15, 0.2) is 30.3 Å². The van der Waals surface area contributed by atoms with Gasteiger partial charge in [0.1, 0.15) is 0 Å². The lowest BCUT2D eigenvalue weighted by Gasteiger charge is -2.16. The first kappa shape index (κ1) is 14.7. The Bertz CT molecular complexity index is 602. The van der Waals surface area contributed by atoms with Gasteiger partial charge in [0.25, 0.3) is 0 Å². The van der Waals surface area contributed by atoms with Crippen LogP contribution in [-0.4, -0.2) is 35.0 Å². The number of rotatable bonds is 3. The number of benzene rings is 1. The van der Waals surface area contributed by atoms with Crippen molar-refractivity contribution in [3.8, 4) is 0 Å². The van der Waals surface area contributed by atoms with Crippen molar-refractivity contribution >= 4 is 11.9 Å². The summed E-state index contributed by atoms with van der Waals surface area (Å²) in [7, 11) is 0. The van der Waals surface area contributed by atoms with Crippen LogP contribution in [0.25, 0.3) is 0 Å². The standard InChI is InChI=1S/C19H23NO3/c21-18(17-13-8-4-5-9-14(13)17)20-10-15(16(11-20)19(22)23)12-6-2-1-3-7-12/h1-3,6-7,13-17H,4-5,8-11H2,(H,22,23)/t13?,14?,15-,16-,17?/m1/s1. The summed E-state index contributed by atoms with van der Waals surface area (Å²) >= 11 is 0. The van der Waals surface area contributed by atoms with Crippen LogP contribution in [0.1, 0.15) is 37.2 Å². The molecular formula is C19H23NO3. The molecule has 1 saturated heterocycles. The van der Waals surface area contributed by atoms with Crippen LogP contribution in [0, 0.1) is 23.7 Å². The van der Waals surface area contributed by atoms with Gasteiger partial charge >= 0.3 is 5.97 Å². The Kier molecular flexibility index (Phi) is 3.63. The number of nitrogens with zero attached hydrogens (tertiary/aromatic N) is 1. The van der Waals surface area contributed by atoms with E-state index in [1.54, 1.807) is 0 Å². The second-order valence-corrected chi connectivity index (χ2v) is 7.34. The predicted molar refractivity (Wildman–Crippen MR) is 85.8 cm³/mol. The van der Waals surface area contributed by atoms with Gasteiger partial charge in [-0.15, -0.1) is 0 Å². The Labute approximate surface area is 136 Å². The molecule has 0 spiro atoms. The summed E-state index contributed by atoms with van der Waals surface area (Å²) in [6.07, 6.45) is 4.85. The highest BCUT2D eigenvalue weighted by Gasteiger charge is 2.57. The van der Waals surface area contributed by atoms with Gasteiger partial charge in [0.2, 0.25) is 5.91 Å². The fourth-order valence-electron chi connectivity index (χ4n) is 4.84. The van der Waals surface area contributed by atoms with Crippen LogP contribution in [0.4, 0.5) is 0 Å². The van der Waals surface area contributed by atoms with Crippen LogP contribution >= 0.6 is 0 Å². The van der Waals surface area contributed by atoms with E-state index < -0.39 is 11.9 Å². The number of carbonyl (C=O) groups excluding carboxylic acids is 1. The number of likely N-dealkylation sites (tertiary alicyclic amines) is 1. The number of amides is 1. The van der Waals surface area contributed by atoms with E-state index in [9.17, 15) is 14.7 Å². The first-order valence-electron chi connectivity index (χ1n) is 8.73. The molecule has 1 heterocycles. The van der Waals surface area contributed by atoms with Crippen LogP contribution < -0.4 is 0 Å². The first-order chi connectivity index (χ1) is 11.2. The van der Waals surface area contributed by atoms with Gasteiger partial charge in [-0.3, -0.25) is 9.59 Å². The van der Waals surface area contributed by atoms with Crippen LogP contribution in [0.3, 0.4) is 0 Å². The van der Waals surface area contributed by atoms with Gasteiger partial charge in [-0.25, -0.2) is 0 Å². The van der Waals surface area contributed by atoms with E-state index in [0.29, 0.717) is 24.9 Å². The van der Waals surface area contributed by atoms with Gasteiger partial charge in [0.05, 0.1) is 5.92 Å². The minimum Gasteiger partial charge on any atom is -0.481 e. The minimum absolute atomic E-state index is 0.0848. The van der Waals surface area contributed by atoms with E-state index in [-0.39, 0.29) is 17.7 Å². The highest BCUT2D eigenvalue weighted by molar-refractivity contribution is 5.84. The molecule has 4 rings (SSSR count). The Morgan fingerprint density at radius 2 is 1.65 bits per heavy atom. The summed E-state index contributed by atoms with van der Waals surface area (Å²) in [6.45, 7) is 0.916. The third-order valence-corrected chi connectivity index (χ3v) is 6.12. The number of aliphatic carboxylic acids is 1. The zero-order valence-electron chi connectivity index (χ0n) is 13.2. The second-order valence-electron chi connectivity index (χ2n) is 7.34. The minimum atomic E-state index is -0.789. The molecule has 0 radical (unpaired) electrons. The van der Waals surface area contributed by atoms with Crippen molar-refractivity contribution in [2.45, 2.75) is 31.6 Å². The fourth-order valence-corrected chi connectivity index (χ4v) is 4.84. The van der Waals surface area contributed by atoms with Gasteiger partial charge in [-0.1, -0.05) is 43.2 Å². The van der Waals surface area contributed by atoms with Crippen molar-refractivity contribution in [3.63, 3.8) is 0 Å². The average molecular weight is 313 g/mol. The molecule has 2 aliphatic carbocycles. The largest absolute Gasteiger partial charge is 0.481 e. The molecule has 23 heavy (non-hydrogen) atoms. The topological polar surface area (TPSA) is 57.6 Å². The molecular weight excluding hydrogens is 290 g/mol. The molecule has 2 saturated carbocycles. The molecule has 1 aromatic carbocycles. The molecule has 1 aliphatic heterocycles. The Morgan fingerprint density at radius 1 is 1.00 bits per heavy atom. The predicted octanol–water partition coefficient (Wildman–Crippen LogP) is 2.75. The van der Waals surface area contributed by atoms with Crippen LogP contribution in [-0.2, 0) is 9.59 Å². The Hall–Kier alpha value is -1.84. The van der Waals surface area contributed by atoms with E-state index in [2.05, 4.69) is 0 Å². The molecule has 1 N–H and O–H groups in total. The quantitative estimate of drug-likeness (QED) is 0.933. The number of hydrogen-bond acceptors (Lipinski definition) is 2. The fraction of sp³-hybridized carbons (Fsp3) is 0.579. The molecule has 4 nitrogen and oxygen atoms in total. The summed E-state index contributed by atoms with van der Waals surface area (Å²) in [5.41, 5.74) is 1.03. The molecule has 4 atom stereocenters. The smallest absolute Gasteiger partial charge is 0.308 e. The molecule has 1 amide bonds. The third kappa shape index (κ3) is 2.54. The number of fused-ring (bicyclic) bond motifs is 1. The summed E-state index contributed by atoms with van der Waals surface area (Å²) in [6, 6.07) is 9.77. The van der Waals surface area contributed by atoms with Crippen molar-refractivity contribution in [2.75, 3.05) is 13.1 Å². The lowest BCUT2D eigenvalue weighted by atomic mass is 9.89. The van der Waals surface area contributed by atoms with Crippen LogP contribution in [0.5, 0.6) is 0 Å². The molecule has 3 aliphatic rings. The van der Waals surface area contributed by atoms with E-state index in [0.717, 1.165) is 5.56 Å². The number of hydrogen-bond donors (Lipinski definition) is 1. The van der Waals surface area contributed by atoms with Crippen LogP contribution in [0.2, 0.25) is 0 Å². The van der Waals surface area contributed by atoms with Crippen molar-refractivity contribution in [3.05, 3.63) is 35.9 Å². The first-order valence-corrected chi connectivity index (χ1v) is 8.73. The van der Waals surface area contributed by atoms with Crippen molar-refractivity contribution in [1.82, 2.24) is 4.90 Å². The normalized spacial score (nSPS) is 35.7. The summed E-state index contributed by atoms with van der Waals surface area (Å²) < 4.78 is 0. The van der Waals surface area contributed by atoms with Crippen molar-refractivity contribution in [2.24, 2.45) is 23.7 Å².